The molecular formula is C21H16N2O3S2. The molecule has 28 heavy (non-hydrogen) atoms. The topological polar surface area (TPSA) is 82.3 Å². The summed E-state index contributed by atoms with van der Waals surface area (Å²) in [7, 11) is -3.77. The first-order valence-electron chi connectivity index (χ1n) is 8.49. The molecule has 4 rings (SSSR count). The third-order valence-corrected chi connectivity index (χ3v) is 5.78. The maximum Gasteiger partial charge on any atom is 0.238 e. The third-order valence-electron chi connectivity index (χ3n) is 4.58. The Kier molecular flexibility index (Phi) is 4.80. The van der Waals surface area contributed by atoms with Crippen molar-refractivity contribution < 1.29 is 13.2 Å². The molecule has 2 N–H and O–H groups in total. The molecule has 0 fully saturated rings. The largest absolute Gasteiger partial charge is 0.456 e. The molecule has 0 radical (unpaired) electrons. The molecule has 2 heterocycles. The first-order valence-corrected chi connectivity index (χ1v) is 10.5. The van der Waals surface area contributed by atoms with Crippen molar-refractivity contribution in [3.05, 3.63) is 89.7 Å². The fourth-order valence-electron chi connectivity index (χ4n) is 3.28. The highest BCUT2D eigenvalue weighted by molar-refractivity contribution is 7.89. The van der Waals surface area contributed by atoms with Crippen LogP contribution in [0.5, 0.6) is 5.75 Å². The minimum atomic E-state index is -3.77. The van der Waals surface area contributed by atoms with Crippen LogP contribution in [0.3, 0.4) is 0 Å². The van der Waals surface area contributed by atoms with Gasteiger partial charge in [-0.2, -0.15) is 0 Å². The van der Waals surface area contributed by atoms with Crippen LogP contribution in [-0.2, 0) is 10.0 Å². The number of hydrogen-bond acceptors (Lipinski definition) is 5. The maximum absolute atomic E-state index is 11.6. The molecule has 0 bridgehead atoms. The first kappa shape index (κ1) is 18.5. The van der Waals surface area contributed by atoms with Crippen molar-refractivity contribution >= 4 is 38.9 Å². The molecule has 1 aromatic heterocycles. The summed E-state index contributed by atoms with van der Waals surface area (Å²) in [5, 5.41) is 6.92. The number of primary sulfonamides is 1. The molecular weight excluding hydrogens is 392 g/mol. The van der Waals surface area contributed by atoms with Crippen molar-refractivity contribution in [3.8, 4) is 5.75 Å². The fourth-order valence-corrected chi connectivity index (χ4v) is 4.07. The van der Waals surface area contributed by atoms with Crippen molar-refractivity contribution in [2.75, 3.05) is 0 Å². The van der Waals surface area contributed by atoms with Crippen LogP contribution in [0.4, 0.5) is 0 Å². The SMILES string of the molecule is NS(=O)(=O)c1ccc(C2=C(c3cccnc3)C(C=S)c3ccccc3O2)cc1. The Morgan fingerprint density at radius 2 is 1.75 bits per heavy atom. The molecule has 0 amide bonds. The lowest BCUT2D eigenvalue weighted by Crippen LogP contribution is -2.16. The summed E-state index contributed by atoms with van der Waals surface area (Å²) in [6.07, 6.45) is 3.46. The molecule has 140 valence electrons. The second kappa shape index (κ2) is 7.27. The molecule has 1 atom stereocenters. The molecule has 7 heteroatoms. The highest BCUT2D eigenvalue weighted by atomic mass is 32.2. The van der Waals surface area contributed by atoms with Crippen LogP contribution in [0.1, 0.15) is 22.6 Å². The quantitative estimate of drug-likeness (QED) is 0.665. The summed E-state index contributed by atoms with van der Waals surface area (Å²) in [5.41, 5.74) is 3.46. The van der Waals surface area contributed by atoms with Gasteiger partial charge in [0.15, 0.2) is 0 Å². The average Bonchev–Trinajstić information content (AvgIpc) is 2.72. The molecule has 2 aromatic carbocycles. The summed E-state index contributed by atoms with van der Waals surface area (Å²) >= 11 is 5.37. The summed E-state index contributed by atoms with van der Waals surface area (Å²) in [6, 6.07) is 17.8. The molecule has 3 aromatic rings. The first-order chi connectivity index (χ1) is 13.5. The summed E-state index contributed by atoms with van der Waals surface area (Å²) in [5.74, 6) is 1.16. The van der Waals surface area contributed by atoms with E-state index in [-0.39, 0.29) is 10.8 Å². The smallest absolute Gasteiger partial charge is 0.238 e. The van der Waals surface area contributed by atoms with E-state index >= 15 is 0 Å². The number of rotatable bonds is 4. The zero-order valence-corrected chi connectivity index (χ0v) is 16.3. The minimum Gasteiger partial charge on any atom is -0.456 e. The van der Waals surface area contributed by atoms with E-state index in [1.54, 1.807) is 29.9 Å². The molecule has 0 spiro atoms. The van der Waals surface area contributed by atoms with E-state index in [4.69, 9.17) is 22.1 Å². The van der Waals surface area contributed by atoms with Crippen LogP contribution >= 0.6 is 12.2 Å². The van der Waals surface area contributed by atoms with Gasteiger partial charge in [-0.15, -0.1) is 0 Å². The van der Waals surface area contributed by atoms with Gasteiger partial charge in [0.1, 0.15) is 11.5 Å². The average molecular weight is 409 g/mol. The van der Waals surface area contributed by atoms with E-state index in [1.807, 2.05) is 36.4 Å². The lowest BCUT2D eigenvalue weighted by molar-refractivity contribution is 0.500. The maximum atomic E-state index is 11.6. The van der Waals surface area contributed by atoms with Crippen LogP contribution in [0, 0.1) is 0 Å². The summed E-state index contributed by atoms with van der Waals surface area (Å²) in [4.78, 5) is 4.27. The minimum absolute atomic E-state index is 0.0439. The van der Waals surface area contributed by atoms with Gasteiger partial charge in [-0.3, -0.25) is 4.98 Å². The summed E-state index contributed by atoms with van der Waals surface area (Å²) < 4.78 is 29.4. The van der Waals surface area contributed by atoms with E-state index in [9.17, 15) is 8.42 Å². The molecule has 0 saturated carbocycles. The molecule has 1 unspecified atom stereocenters. The number of allylic oxidation sites excluding steroid dienone is 1. The monoisotopic (exact) mass is 408 g/mol. The Morgan fingerprint density at radius 1 is 1.00 bits per heavy atom. The number of fused-ring (bicyclic) bond motifs is 1. The van der Waals surface area contributed by atoms with Crippen LogP contribution in [0.25, 0.3) is 11.3 Å². The van der Waals surface area contributed by atoms with Crippen LogP contribution < -0.4 is 9.88 Å². The van der Waals surface area contributed by atoms with Gasteiger partial charge < -0.3 is 4.74 Å². The Balaban J connectivity index is 1.94. The highest BCUT2D eigenvalue weighted by Gasteiger charge is 2.30. The summed E-state index contributed by atoms with van der Waals surface area (Å²) in [6.45, 7) is 0. The van der Waals surface area contributed by atoms with Gasteiger partial charge in [-0.1, -0.05) is 36.5 Å². The fraction of sp³-hybridized carbons (Fsp3) is 0.0476. The Morgan fingerprint density at radius 3 is 2.39 bits per heavy atom. The van der Waals surface area contributed by atoms with Gasteiger partial charge in [0.2, 0.25) is 10.0 Å². The highest BCUT2D eigenvalue weighted by Crippen LogP contribution is 2.45. The van der Waals surface area contributed by atoms with Crippen molar-refractivity contribution in [3.63, 3.8) is 0 Å². The Hall–Kier alpha value is -2.87. The van der Waals surface area contributed by atoms with Gasteiger partial charge >= 0.3 is 0 Å². The predicted octanol–water partition coefficient (Wildman–Crippen LogP) is 3.77. The number of thiocarbonyl (C=S) groups is 1. The zero-order valence-electron chi connectivity index (χ0n) is 14.6. The van der Waals surface area contributed by atoms with Crippen molar-refractivity contribution in [1.29, 1.82) is 0 Å². The third kappa shape index (κ3) is 3.35. The number of aromatic nitrogens is 1. The number of hydrogen-bond donors (Lipinski definition) is 1. The van der Waals surface area contributed by atoms with Crippen molar-refractivity contribution in [1.82, 2.24) is 4.98 Å². The predicted molar refractivity (Wildman–Crippen MR) is 112 cm³/mol. The number of nitrogens with two attached hydrogens (primary N) is 1. The second-order valence-electron chi connectivity index (χ2n) is 6.31. The van der Waals surface area contributed by atoms with Crippen molar-refractivity contribution in [2.24, 2.45) is 5.14 Å². The van der Waals surface area contributed by atoms with E-state index in [0.29, 0.717) is 11.5 Å². The van der Waals surface area contributed by atoms with E-state index < -0.39 is 10.0 Å². The number of nitrogens with zero attached hydrogens (tertiary/aromatic N) is 1. The second-order valence-corrected chi connectivity index (χ2v) is 8.14. The van der Waals surface area contributed by atoms with Gasteiger partial charge in [-0.05, 0) is 41.8 Å². The van der Waals surface area contributed by atoms with E-state index in [1.165, 1.54) is 12.1 Å². The lowest BCUT2D eigenvalue weighted by atomic mass is 9.84. The van der Waals surface area contributed by atoms with Crippen LogP contribution in [0.15, 0.2) is 78.0 Å². The normalized spacial score (nSPS) is 16.2. The molecule has 5 nitrogen and oxygen atoms in total. The number of sulfonamides is 1. The zero-order chi connectivity index (χ0) is 19.7. The van der Waals surface area contributed by atoms with E-state index in [2.05, 4.69) is 4.98 Å². The van der Waals surface area contributed by atoms with Crippen LogP contribution in [-0.4, -0.2) is 18.8 Å². The van der Waals surface area contributed by atoms with Gasteiger partial charge in [-0.25, -0.2) is 13.6 Å². The standard InChI is InChI=1S/C21H16N2O3S2/c22-28(24,25)16-9-7-14(8-10-16)21-20(15-4-3-11-23-12-15)18(13-27)17-5-1-2-6-19(17)26-21/h1-13,18H,(H2,22,24,25). The Labute approximate surface area is 168 Å². The van der Waals surface area contributed by atoms with Crippen LogP contribution in [0.2, 0.25) is 0 Å². The molecule has 0 aliphatic carbocycles. The number of pyridine rings is 1. The number of para-hydroxylation sites is 1. The number of ether oxygens (including phenoxy) is 1. The number of benzene rings is 2. The van der Waals surface area contributed by atoms with Gasteiger partial charge in [0, 0.05) is 40.6 Å². The van der Waals surface area contributed by atoms with Crippen molar-refractivity contribution in [2.45, 2.75) is 10.8 Å². The van der Waals surface area contributed by atoms with Gasteiger partial charge in [0.25, 0.3) is 0 Å². The molecule has 0 saturated heterocycles. The van der Waals surface area contributed by atoms with E-state index in [0.717, 1.165) is 22.3 Å². The molecule has 1 aliphatic heterocycles. The molecule has 1 aliphatic rings. The lowest BCUT2D eigenvalue weighted by Gasteiger charge is -2.29. The van der Waals surface area contributed by atoms with Gasteiger partial charge in [0.05, 0.1) is 4.90 Å². The Bertz CT molecular complexity index is 1170.